The van der Waals surface area contributed by atoms with E-state index in [1.165, 1.54) is 24.4 Å². The van der Waals surface area contributed by atoms with E-state index in [1.807, 2.05) is 87.5 Å². The van der Waals surface area contributed by atoms with Gasteiger partial charge in [0.25, 0.3) is 0 Å². The molecule has 0 aliphatic rings. The minimum absolute atomic E-state index is 0. The van der Waals surface area contributed by atoms with Crippen molar-refractivity contribution in [1.82, 2.24) is 9.97 Å². The molecule has 52 heavy (non-hydrogen) atoms. The molecule has 4 aromatic heterocycles. The molecule has 5 aromatic carbocycles. The number of fused-ring (bicyclic) bond motifs is 6. The van der Waals surface area contributed by atoms with Crippen molar-refractivity contribution < 1.29 is 39.9 Å². The Morgan fingerprint density at radius 3 is 2.17 bits per heavy atom. The zero-order valence-electron chi connectivity index (χ0n) is 36.7. The van der Waals surface area contributed by atoms with Gasteiger partial charge < -0.3 is 18.8 Å². The minimum atomic E-state index is -2.18. The first-order valence-electron chi connectivity index (χ1n) is 20.6. The molecule has 9 aromatic rings. The van der Waals surface area contributed by atoms with Gasteiger partial charge in [0.1, 0.15) is 16.7 Å². The van der Waals surface area contributed by atoms with E-state index < -0.39 is 25.5 Å². The first kappa shape index (κ1) is 26.4. The van der Waals surface area contributed by atoms with Gasteiger partial charge in [0.15, 0.2) is 0 Å². The molecule has 0 amide bonds. The number of aryl methyl sites for hydroxylation is 2. The van der Waals surface area contributed by atoms with Crippen molar-refractivity contribution in [2.45, 2.75) is 40.8 Å². The van der Waals surface area contributed by atoms with E-state index in [4.69, 9.17) is 19.8 Å². The maximum absolute atomic E-state index is 8.58. The molecule has 0 bridgehead atoms. The molecule has 0 unspecified atom stereocenters. The summed E-state index contributed by atoms with van der Waals surface area (Å²) < 4.78 is 73.4. The molecule has 4 nitrogen and oxygen atoms in total. The van der Waals surface area contributed by atoms with Crippen LogP contribution in [-0.2, 0) is 26.5 Å². The summed E-state index contributed by atoms with van der Waals surface area (Å²) in [5, 5.41) is 4.08. The van der Waals surface area contributed by atoms with Crippen molar-refractivity contribution in [2.75, 3.05) is 0 Å². The van der Waals surface area contributed by atoms with Gasteiger partial charge in [-0.25, -0.2) is 0 Å². The van der Waals surface area contributed by atoms with Crippen LogP contribution in [0.1, 0.15) is 48.4 Å². The molecule has 0 saturated heterocycles. The van der Waals surface area contributed by atoms with E-state index in [-0.39, 0.29) is 31.2 Å². The Balaban J connectivity index is 0.000000220. The number of para-hydroxylation sites is 1. The smallest absolute Gasteiger partial charge is 0.136 e. The molecule has 0 atom stereocenters. The molecule has 9 rings (SSSR count). The average molecular weight is 863 g/mol. The van der Waals surface area contributed by atoms with Crippen LogP contribution in [-0.4, -0.2) is 9.97 Å². The van der Waals surface area contributed by atoms with Gasteiger partial charge in [0.05, 0.1) is 5.58 Å². The van der Waals surface area contributed by atoms with E-state index >= 15 is 0 Å². The fourth-order valence-corrected chi connectivity index (χ4v) is 6.21. The second kappa shape index (κ2) is 14.3. The van der Waals surface area contributed by atoms with Gasteiger partial charge in [-0.05, 0) is 76.5 Å². The van der Waals surface area contributed by atoms with Crippen LogP contribution in [0.3, 0.4) is 0 Å². The minimum Gasteiger partial charge on any atom is -0.501 e. The zero-order chi connectivity index (χ0) is 41.9. The first-order chi connectivity index (χ1) is 27.9. The van der Waals surface area contributed by atoms with Crippen molar-refractivity contribution in [3.05, 3.63) is 156 Å². The quantitative estimate of drug-likeness (QED) is 0.165. The van der Waals surface area contributed by atoms with E-state index in [1.54, 1.807) is 18.3 Å². The third kappa shape index (κ3) is 7.21. The largest absolute Gasteiger partial charge is 0.501 e. The van der Waals surface area contributed by atoms with Crippen molar-refractivity contribution in [3.8, 4) is 33.6 Å². The van der Waals surface area contributed by atoms with Crippen LogP contribution in [0.5, 0.6) is 0 Å². The molecule has 0 saturated carbocycles. The molecular formula is C47H38IrN2O2-2. The van der Waals surface area contributed by atoms with E-state index in [2.05, 4.69) is 40.3 Å². The number of pyridine rings is 2. The fraction of sp³-hybridized carbons (Fsp3) is 0.149. The van der Waals surface area contributed by atoms with E-state index in [0.717, 1.165) is 66.3 Å². The summed E-state index contributed by atoms with van der Waals surface area (Å²) in [6.45, 7) is 1.42. The molecule has 0 N–H and O–H groups in total. The van der Waals surface area contributed by atoms with Crippen LogP contribution in [0, 0.1) is 31.3 Å². The summed E-state index contributed by atoms with van der Waals surface area (Å²) in [7, 11) is 0. The van der Waals surface area contributed by atoms with Crippen LogP contribution in [0.15, 0.2) is 136 Å². The van der Waals surface area contributed by atoms with Crippen LogP contribution in [0.25, 0.3) is 77.5 Å². The second-order valence-electron chi connectivity index (χ2n) is 13.4. The predicted octanol–water partition coefficient (Wildman–Crippen LogP) is 12.8. The standard InChI is InChI=1S/C34H26NO2.C13H12N.Ir/c1-34(2,3)20-21-11-13-22(14-12-21)23-15-16-35-29(17-23)26-9-6-8-25-28-19-31-27(18-32(28)37-33(25)26)24-7-4-5-10-30(24)36-31;1-10-3-6-12(7-4-10)13-8-5-11(2)9-14-13;/h4-8,10-19H,20H2,1-3H3;3-6,8-9H,1-2H3;/q2*-1;/i20D2;1D3,2D3;. The second-order valence-corrected chi connectivity index (χ2v) is 13.4. The summed E-state index contributed by atoms with van der Waals surface area (Å²) in [6, 6.07) is 41.6. The molecule has 0 aliphatic carbocycles. The first-order valence-corrected chi connectivity index (χ1v) is 16.6. The Bertz CT molecular complexity index is 2910. The Labute approximate surface area is 329 Å². The topological polar surface area (TPSA) is 52.1 Å². The van der Waals surface area contributed by atoms with Gasteiger partial charge in [-0.15, -0.1) is 53.6 Å². The third-order valence-electron chi connectivity index (χ3n) is 8.54. The molecule has 5 heteroatoms. The number of nitrogens with zero attached hydrogens (tertiary/aromatic N) is 2. The predicted molar refractivity (Wildman–Crippen MR) is 210 cm³/mol. The van der Waals surface area contributed by atoms with Crippen molar-refractivity contribution >= 4 is 43.9 Å². The summed E-state index contributed by atoms with van der Waals surface area (Å²) in [6.07, 6.45) is 1.66. The molecular weight excluding hydrogens is 817 g/mol. The number of rotatable bonds is 4. The maximum atomic E-state index is 8.58. The molecule has 259 valence electrons. The van der Waals surface area contributed by atoms with Crippen molar-refractivity contribution in [2.24, 2.45) is 5.41 Å². The molecule has 0 fully saturated rings. The average Bonchev–Trinajstić information content (AvgIpc) is 3.76. The van der Waals surface area contributed by atoms with Crippen LogP contribution < -0.4 is 0 Å². The van der Waals surface area contributed by atoms with Crippen molar-refractivity contribution in [3.63, 3.8) is 0 Å². The number of benzene rings is 5. The van der Waals surface area contributed by atoms with Crippen LogP contribution >= 0.6 is 0 Å². The van der Waals surface area contributed by atoms with Gasteiger partial charge in [0.2, 0.25) is 0 Å². The number of hydrogen-bond acceptors (Lipinski definition) is 4. The van der Waals surface area contributed by atoms with Crippen LogP contribution in [0.4, 0.5) is 0 Å². The Hall–Kier alpha value is -5.35. The summed E-state index contributed by atoms with van der Waals surface area (Å²) in [4.78, 5) is 8.74. The Kier molecular flexibility index (Phi) is 7.29. The molecule has 4 heterocycles. The SMILES string of the molecule is [2H]C([2H])([2H])c1c[c-]c(-c2ccc(C([2H])([2H])[2H])cn2)cc1.[2H]C([2H])(c1ccc(-c2ccnc(-c3[c-]ccc4c3oc3cc5c(cc34)oc3ccccc35)c2)cc1)C(C)(C)C.[Ir]. The maximum Gasteiger partial charge on any atom is 0.136 e. The molecule has 0 spiro atoms. The fourth-order valence-electron chi connectivity index (χ4n) is 6.21. The van der Waals surface area contributed by atoms with E-state index in [0.29, 0.717) is 16.8 Å². The Morgan fingerprint density at radius 1 is 0.673 bits per heavy atom. The van der Waals surface area contributed by atoms with Gasteiger partial charge >= 0.3 is 0 Å². The summed E-state index contributed by atoms with van der Waals surface area (Å²) in [5.74, 6) is 0. The van der Waals surface area contributed by atoms with Gasteiger partial charge in [-0.3, -0.25) is 0 Å². The molecule has 0 aliphatic heterocycles. The van der Waals surface area contributed by atoms with Gasteiger partial charge in [0, 0.05) is 59.6 Å². The third-order valence-corrected chi connectivity index (χ3v) is 8.54. The van der Waals surface area contributed by atoms with E-state index in [9.17, 15) is 0 Å². The monoisotopic (exact) mass is 863 g/mol. The Morgan fingerprint density at radius 2 is 1.44 bits per heavy atom. The summed E-state index contributed by atoms with van der Waals surface area (Å²) >= 11 is 0. The number of hydrogen-bond donors (Lipinski definition) is 0. The number of furan rings is 2. The van der Waals surface area contributed by atoms with Crippen molar-refractivity contribution in [1.29, 1.82) is 0 Å². The molecule has 1 radical (unpaired) electrons. The summed E-state index contributed by atoms with van der Waals surface area (Å²) in [5.41, 5.74) is 8.50. The normalized spacial score (nSPS) is 14.5. The van der Waals surface area contributed by atoms with Gasteiger partial charge in [-0.2, -0.15) is 0 Å². The van der Waals surface area contributed by atoms with Gasteiger partial charge in [-0.1, -0.05) is 99.2 Å². The van der Waals surface area contributed by atoms with Crippen LogP contribution in [0.2, 0.25) is 0 Å². The number of aromatic nitrogens is 2. The zero-order valence-corrected chi connectivity index (χ0v) is 31.1.